The summed E-state index contributed by atoms with van der Waals surface area (Å²) in [5.41, 5.74) is 5.88. The van der Waals surface area contributed by atoms with Gasteiger partial charge in [-0.1, -0.05) is 18.5 Å². The first-order valence-electron chi connectivity index (χ1n) is 5.09. The molecule has 0 aliphatic rings. The van der Waals surface area contributed by atoms with Crippen LogP contribution >= 0.6 is 11.6 Å². The fourth-order valence-electron chi connectivity index (χ4n) is 1.27. The summed E-state index contributed by atoms with van der Waals surface area (Å²) in [6, 6.07) is 3.65. The van der Waals surface area contributed by atoms with Crippen LogP contribution in [-0.2, 0) is 10.0 Å². The summed E-state index contributed by atoms with van der Waals surface area (Å²) < 4.78 is 26.3. The zero-order valence-electron chi connectivity index (χ0n) is 9.35. The largest absolute Gasteiger partial charge is 0.399 e. The molecule has 17 heavy (non-hydrogen) atoms. The molecule has 0 saturated carbocycles. The van der Waals surface area contributed by atoms with Gasteiger partial charge in [0.25, 0.3) is 0 Å². The average molecular weight is 279 g/mol. The molecule has 0 aromatic heterocycles. The summed E-state index contributed by atoms with van der Waals surface area (Å²) in [5, 5.41) is 9.03. The Bertz CT molecular complexity index is 486. The van der Waals surface area contributed by atoms with Crippen LogP contribution in [0.5, 0.6) is 0 Å². The SMILES string of the molecule is CC[C@@H](CO)NS(=O)(=O)c1ccc(N)cc1Cl. The molecule has 0 spiro atoms. The van der Waals surface area contributed by atoms with E-state index >= 15 is 0 Å². The number of aliphatic hydroxyl groups is 1. The number of nitrogen functional groups attached to an aromatic ring is 1. The van der Waals surface area contributed by atoms with E-state index in [0.29, 0.717) is 12.1 Å². The highest BCUT2D eigenvalue weighted by Gasteiger charge is 2.21. The minimum Gasteiger partial charge on any atom is -0.399 e. The van der Waals surface area contributed by atoms with Gasteiger partial charge in [-0.15, -0.1) is 0 Å². The first-order chi connectivity index (χ1) is 7.90. The maximum atomic E-state index is 11.9. The van der Waals surface area contributed by atoms with Crippen molar-refractivity contribution in [1.82, 2.24) is 4.72 Å². The molecule has 1 aromatic carbocycles. The van der Waals surface area contributed by atoms with Gasteiger partial charge in [-0.25, -0.2) is 13.1 Å². The van der Waals surface area contributed by atoms with E-state index in [1.807, 2.05) is 0 Å². The molecule has 1 aromatic rings. The lowest BCUT2D eigenvalue weighted by Gasteiger charge is -2.15. The third-order valence-corrected chi connectivity index (χ3v) is 4.28. The van der Waals surface area contributed by atoms with Crippen molar-refractivity contribution in [2.75, 3.05) is 12.3 Å². The van der Waals surface area contributed by atoms with Crippen LogP contribution in [0, 0.1) is 0 Å². The van der Waals surface area contributed by atoms with Crippen molar-refractivity contribution in [1.29, 1.82) is 0 Å². The second-order valence-corrected chi connectivity index (χ2v) is 5.69. The lowest BCUT2D eigenvalue weighted by molar-refractivity contribution is 0.254. The molecular weight excluding hydrogens is 264 g/mol. The van der Waals surface area contributed by atoms with E-state index in [4.69, 9.17) is 22.4 Å². The minimum absolute atomic E-state index is 0.0414. The first kappa shape index (κ1) is 14.2. The van der Waals surface area contributed by atoms with E-state index in [9.17, 15) is 8.42 Å². The van der Waals surface area contributed by atoms with Crippen molar-refractivity contribution in [3.05, 3.63) is 23.2 Å². The fraction of sp³-hybridized carbons (Fsp3) is 0.400. The van der Waals surface area contributed by atoms with Crippen LogP contribution in [0.1, 0.15) is 13.3 Å². The first-order valence-corrected chi connectivity index (χ1v) is 6.95. The average Bonchev–Trinajstić information content (AvgIpc) is 2.25. The highest BCUT2D eigenvalue weighted by Crippen LogP contribution is 2.23. The number of rotatable bonds is 5. The van der Waals surface area contributed by atoms with Gasteiger partial charge in [0.15, 0.2) is 0 Å². The Morgan fingerprint density at radius 2 is 2.18 bits per heavy atom. The van der Waals surface area contributed by atoms with E-state index in [1.54, 1.807) is 6.92 Å². The molecule has 0 fully saturated rings. The molecule has 7 heteroatoms. The summed E-state index contributed by atoms with van der Waals surface area (Å²) in [6.45, 7) is 1.51. The third kappa shape index (κ3) is 3.57. The zero-order valence-corrected chi connectivity index (χ0v) is 10.9. The Morgan fingerprint density at radius 3 is 2.65 bits per heavy atom. The number of hydrogen-bond donors (Lipinski definition) is 3. The van der Waals surface area contributed by atoms with E-state index in [1.165, 1.54) is 18.2 Å². The molecule has 0 saturated heterocycles. The van der Waals surface area contributed by atoms with Crippen LogP contribution in [0.2, 0.25) is 5.02 Å². The maximum Gasteiger partial charge on any atom is 0.242 e. The van der Waals surface area contributed by atoms with Crippen LogP contribution in [0.25, 0.3) is 0 Å². The monoisotopic (exact) mass is 278 g/mol. The van der Waals surface area contributed by atoms with Crippen LogP contribution in [0.15, 0.2) is 23.1 Å². The van der Waals surface area contributed by atoms with Crippen molar-refractivity contribution in [2.24, 2.45) is 0 Å². The smallest absolute Gasteiger partial charge is 0.242 e. The summed E-state index contributed by atoms with van der Waals surface area (Å²) in [5.74, 6) is 0. The van der Waals surface area contributed by atoms with E-state index in [0.717, 1.165) is 0 Å². The topological polar surface area (TPSA) is 92.4 Å². The Hall–Kier alpha value is -0.820. The highest BCUT2D eigenvalue weighted by molar-refractivity contribution is 7.89. The van der Waals surface area contributed by atoms with Crippen LogP contribution in [0.4, 0.5) is 5.69 Å². The van der Waals surface area contributed by atoms with Gasteiger partial charge in [-0.05, 0) is 24.6 Å². The van der Waals surface area contributed by atoms with Crippen LogP contribution < -0.4 is 10.5 Å². The molecule has 0 aliphatic heterocycles. The Balaban J connectivity index is 3.05. The molecule has 0 bridgehead atoms. The molecule has 5 nitrogen and oxygen atoms in total. The second-order valence-electron chi connectivity index (χ2n) is 3.60. The van der Waals surface area contributed by atoms with E-state index < -0.39 is 16.1 Å². The van der Waals surface area contributed by atoms with E-state index in [-0.39, 0.29) is 16.5 Å². The van der Waals surface area contributed by atoms with Gasteiger partial charge >= 0.3 is 0 Å². The van der Waals surface area contributed by atoms with Gasteiger partial charge in [0.2, 0.25) is 10.0 Å². The van der Waals surface area contributed by atoms with Crippen LogP contribution in [0.3, 0.4) is 0 Å². The van der Waals surface area contributed by atoms with Gasteiger partial charge in [-0.3, -0.25) is 0 Å². The van der Waals surface area contributed by atoms with Gasteiger partial charge < -0.3 is 10.8 Å². The van der Waals surface area contributed by atoms with Gasteiger partial charge in [0, 0.05) is 11.7 Å². The summed E-state index contributed by atoms with van der Waals surface area (Å²) in [4.78, 5) is -0.0414. The molecule has 0 amide bonds. The lowest BCUT2D eigenvalue weighted by atomic mass is 10.3. The number of nitrogens with two attached hydrogens (primary N) is 1. The number of halogens is 1. The third-order valence-electron chi connectivity index (χ3n) is 2.28. The molecular formula is C10H15ClN2O3S. The number of benzene rings is 1. The maximum absolute atomic E-state index is 11.9. The molecule has 4 N–H and O–H groups in total. The van der Waals surface area contributed by atoms with E-state index in [2.05, 4.69) is 4.72 Å². The van der Waals surface area contributed by atoms with Crippen molar-refractivity contribution < 1.29 is 13.5 Å². The zero-order chi connectivity index (χ0) is 13.1. The Kier molecular flexibility index (Phi) is 4.76. The normalized spacial score (nSPS) is 13.6. The standard InChI is InChI=1S/C10H15ClN2O3S/c1-2-8(6-14)13-17(15,16)10-4-3-7(12)5-9(10)11/h3-5,8,13-14H,2,6,12H2,1H3/t8-/m0/s1. The summed E-state index contributed by atoms with van der Waals surface area (Å²) >= 11 is 5.82. The molecule has 1 atom stereocenters. The highest BCUT2D eigenvalue weighted by atomic mass is 35.5. The van der Waals surface area contributed by atoms with Crippen molar-refractivity contribution in [2.45, 2.75) is 24.3 Å². The summed E-state index contributed by atoms with van der Waals surface area (Å²) in [7, 11) is -3.73. The van der Waals surface area contributed by atoms with Gasteiger partial charge in [0.1, 0.15) is 4.90 Å². The lowest BCUT2D eigenvalue weighted by Crippen LogP contribution is -2.37. The number of aliphatic hydroxyl groups excluding tert-OH is 1. The van der Waals surface area contributed by atoms with Crippen molar-refractivity contribution >= 4 is 27.3 Å². The molecule has 96 valence electrons. The molecule has 0 radical (unpaired) electrons. The van der Waals surface area contributed by atoms with Crippen molar-refractivity contribution in [3.63, 3.8) is 0 Å². The van der Waals surface area contributed by atoms with Gasteiger partial charge in [0.05, 0.1) is 11.6 Å². The predicted octanol–water partition coefficient (Wildman–Crippen LogP) is 0.971. The molecule has 1 rings (SSSR count). The number of hydrogen-bond acceptors (Lipinski definition) is 4. The van der Waals surface area contributed by atoms with Gasteiger partial charge in [-0.2, -0.15) is 0 Å². The van der Waals surface area contributed by atoms with Crippen molar-refractivity contribution in [3.8, 4) is 0 Å². The molecule has 0 aliphatic carbocycles. The fourth-order valence-corrected chi connectivity index (χ4v) is 3.13. The predicted molar refractivity (Wildman–Crippen MR) is 67.4 cm³/mol. The summed E-state index contributed by atoms with van der Waals surface area (Å²) in [6.07, 6.45) is 0.488. The molecule has 0 heterocycles. The number of anilines is 1. The Morgan fingerprint density at radius 1 is 1.53 bits per heavy atom. The Labute approximate surface area is 106 Å². The quantitative estimate of drug-likeness (QED) is 0.700. The van der Waals surface area contributed by atoms with Crippen LogP contribution in [-0.4, -0.2) is 26.2 Å². The number of sulfonamides is 1. The minimum atomic E-state index is -3.73. The second kappa shape index (κ2) is 5.68. The number of nitrogens with one attached hydrogen (secondary N) is 1. The molecule has 0 unspecified atom stereocenters.